The summed E-state index contributed by atoms with van der Waals surface area (Å²) in [7, 11) is 0. The monoisotopic (exact) mass is 242 g/mol. The minimum atomic E-state index is -0.803. The topological polar surface area (TPSA) is 83.6 Å². The lowest BCUT2D eigenvalue weighted by atomic mass is 9.99. The zero-order chi connectivity index (χ0) is 13.0. The molecule has 1 aliphatic heterocycles. The second-order valence-electron chi connectivity index (χ2n) is 5.00. The van der Waals surface area contributed by atoms with E-state index < -0.39 is 11.9 Å². The predicted molar refractivity (Wildman–Crippen MR) is 64.3 cm³/mol. The molecule has 0 aromatic rings. The van der Waals surface area contributed by atoms with Crippen LogP contribution in [0.2, 0.25) is 0 Å². The summed E-state index contributed by atoms with van der Waals surface area (Å²) in [4.78, 5) is 24.7. The molecule has 1 amide bonds. The Bertz CT molecular complexity index is 293. The van der Waals surface area contributed by atoms with E-state index in [0.29, 0.717) is 19.6 Å². The number of hydrogen-bond acceptors (Lipinski definition) is 3. The van der Waals surface area contributed by atoms with Crippen LogP contribution in [-0.2, 0) is 9.59 Å². The molecule has 1 aliphatic rings. The molecule has 5 nitrogen and oxygen atoms in total. The maximum atomic E-state index is 12.1. The fourth-order valence-electron chi connectivity index (χ4n) is 2.33. The minimum absolute atomic E-state index is 0.0400. The summed E-state index contributed by atoms with van der Waals surface area (Å²) in [6.45, 7) is 5.27. The molecule has 0 aromatic carbocycles. The second-order valence-corrected chi connectivity index (χ2v) is 5.00. The van der Waals surface area contributed by atoms with Gasteiger partial charge in [0.25, 0.3) is 0 Å². The van der Waals surface area contributed by atoms with Crippen molar-refractivity contribution in [1.29, 1.82) is 0 Å². The molecular formula is C12H22N2O3. The van der Waals surface area contributed by atoms with Gasteiger partial charge in [0.15, 0.2) is 0 Å². The van der Waals surface area contributed by atoms with Crippen LogP contribution in [0.5, 0.6) is 0 Å². The van der Waals surface area contributed by atoms with Gasteiger partial charge in [-0.05, 0) is 25.3 Å². The van der Waals surface area contributed by atoms with Gasteiger partial charge in [0, 0.05) is 19.0 Å². The molecular weight excluding hydrogens is 220 g/mol. The zero-order valence-corrected chi connectivity index (χ0v) is 10.6. The molecule has 1 saturated heterocycles. The highest BCUT2D eigenvalue weighted by Gasteiger charge is 2.37. The molecule has 0 saturated carbocycles. The maximum absolute atomic E-state index is 12.1. The van der Waals surface area contributed by atoms with E-state index in [-0.39, 0.29) is 17.7 Å². The van der Waals surface area contributed by atoms with Gasteiger partial charge in [-0.25, -0.2) is 0 Å². The summed E-state index contributed by atoms with van der Waals surface area (Å²) in [6, 6.07) is 0. The predicted octanol–water partition coefficient (Wildman–Crippen LogP) is 0.541. The number of likely N-dealkylation sites (tertiary alicyclic amines) is 1. The summed E-state index contributed by atoms with van der Waals surface area (Å²) >= 11 is 0. The molecule has 17 heavy (non-hydrogen) atoms. The van der Waals surface area contributed by atoms with Crippen LogP contribution < -0.4 is 5.73 Å². The van der Waals surface area contributed by atoms with Gasteiger partial charge in [-0.3, -0.25) is 9.59 Å². The number of carboxylic acid groups (broad SMARTS) is 1. The van der Waals surface area contributed by atoms with E-state index in [1.54, 1.807) is 4.90 Å². The summed E-state index contributed by atoms with van der Waals surface area (Å²) in [6.07, 6.45) is 1.61. The number of amides is 1. The van der Waals surface area contributed by atoms with Crippen molar-refractivity contribution in [2.24, 2.45) is 23.5 Å². The highest BCUT2D eigenvalue weighted by Crippen LogP contribution is 2.25. The number of aliphatic carboxylic acids is 1. The molecule has 0 spiro atoms. The van der Waals surface area contributed by atoms with Gasteiger partial charge in [-0.1, -0.05) is 13.8 Å². The highest BCUT2D eigenvalue weighted by atomic mass is 16.4. The third kappa shape index (κ3) is 3.43. The van der Waals surface area contributed by atoms with E-state index in [1.807, 2.05) is 13.8 Å². The lowest BCUT2D eigenvalue weighted by Gasteiger charge is -2.20. The van der Waals surface area contributed by atoms with E-state index >= 15 is 0 Å². The minimum Gasteiger partial charge on any atom is -0.481 e. The smallest absolute Gasteiger partial charge is 0.308 e. The first-order valence-electron chi connectivity index (χ1n) is 6.19. The summed E-state index contributed by atoms with van der Waals surface area (Å²) in [5.41, 5.74) is 5.41. The lowest BCUT2D eigenvalue weighted by molar-refractivity contribution is -0.142. The quantitative estimate of drug-likeness (QED) is 0.737. The van der Waals surface area contributed by atoms with Crippen LogP contribution in [0.4, 0.5) is 0 Å². The molecule has 3 N–H and O–H groups in total. The van der Waals surface area contributed by atoms with E-state index in [4.69, 9.17) is 10.8 Å². The van der Waals surface area contributed by atoms with Crippen molar-refractivity contribution in [2.75, 3.05) is 19.6 Å². The number of carbonyl (C=O) groups excluding carboxylic acids is 1. The third-order valence-corrected chi connectivity index (χ3v) is 3.50. The molecule has 3 unspecified atom stereocenters. The highest BCUT2D eigenvalue weighted by molar-refractivity contribution is 5.80. The standard InChI is InChI=1S/C12H22N2O3/c1-8(4-3-5-13)11(15)14-6-9(2)10(7-14)12(16)17/h8-10H,3-7,13H2,1-2H3,(H,16,17). The van der Waals surface area contributed by atoms with E-state index in [0.717, 1.165) is 12.8 Å². The first-order chi connectivity index (χ1) is 7.97. The Morgan fingerprint density at radius 3 is 2.59 bits per heavy atom. The van der Waals surface area contributed by atoms with Crippen LogP contribution >= 0.6 is 0 Å². The van der Waals surface area contributed by atoms with Crippen LogP contribution in [-0.4, -0.2) is 41.5 Å². The molecule has 0 radical (unpaired) electrons. The van der Waals surface area contributed by atoms with Crippen molar-refractivity contribution < 1.29 is 14.7 Å². The van der Waals surface area contributed by atoms with E-state index in [1.165, 1.54) is 0 Å². The van der Waals surface area contributed by atoms with Crippen molar-refractivity contribution in [1.82, 2.24) is 4.90 Å². The average Bonchev–Trinajstić information content (AvgIpc) is 2.67. The number of rotatable bonds is 5. The first kappa shape index (κ1) is 14.0. The zero-order valence-electron chi connectivity index (χ0n) is 10.6. The van der Waals surface area contributed by atoms with Gasteiger partial charge in [-0.2, -0.15) is 0 Å². The fourth-order valence-corrected chi connectivity index (χ4v) is 2.33. The number of carboxylic acids is 1. The molecule has 5 heteroatoms. The van der Waals surface area contributed by atoms with Crippen LogP contribution in [0.3, 0.4) is 0 Å². The molecule has 1 rings (SSSR count). The van der Waals surface area contributed by atoms with Crippen LogP contribution in [0.1, 0.15) is 26.7 Å². The molecule has 0 aliphatic carbocycles. The largest absolute Gasteiger partial charge is 0.481 e. The summed E-state index contributed by atoms with van der Waals surface area (Å²) in [5, 5.41) is 9.01. The Hall–Kier alpha value is -1.10. The normalized spacial score (nSPS) is 25.9. The van der Waals surface area contributed by atoms with Crippen molar-refractivity contribution >= 4 is 11.9 Å². The molecule has 3 atom stereocenters. The van der Waals surface area contributed by atoms with E-state index in [2.05, 4.69) is 0 Å². The fraction of sp³-hybridized carbons (Fsp3) is 0.833. The van der Waals surface area contributed by atoms with Crippen LogP contribution in [0.25, 0.3) is 0 Å². The second kappa shape index (κ2) is 6.00. The van der Waals surface area contributed by atoms with Crippen molar-refractivity contribution in [3.8, 4) is 0 Å². The Kier molecular flexibility index (Phi) is 4.93. The van der Waals surface area contributed by atoms with Crippen LogP contribution in [0.15, 0.2) is 0 Å². The van der Waals surface area contributed by atoms with Gasteiger partial charge in [0.1, 0.15) is 0 Å². The average molecular weight is 242 g/mol. The van der Waals surface area contributed by atoms with Gasteiger partial charge in [0.2, 0.25) is 5.91 Å². The lowest BCUT2D eigenvalue weighted by Crippen LogP contribution is -2.34. The van der Waals surface area contributed by atoms with Crippen molar-refractivity contribution in [2.45, 2.75) is 26.7 Å². The molecule has 0 bridgehead atoms. The maximum Gasteiger partial charge on any atom is 0.308 e. The van der Waals surface area contributed by atoms with Gasteiger partial charge >= 0.3 is 5.97 Å². The number of nitrogens with zero attached hydrogens (tertiary/aromatic N) is 1. The molecule has 98 valence electrons. The molecule has 1 fully saturated rings. The molecule has 0 aromatic heterocycles. The number of hydrogen-bond donors (Lipinski definition) is 2. The Morgan fingerprint density at radius 2 is 2.12 bits per heavy atom. The number of carbonyl (C=O) groups is 2. The molecule has 1 heterocycles. The Balaban J connectivity index is 2.52. The number of nitrogens with two attached hydrogens (primary N) is 1. The van der Waals surface area contributed by atoms with Gasteiger partial charge in [-0.15, -0.1) is 0 Å². The van der Waals surface area contributed by atoms with Crippen LogP contribution in [0, 0.1) is 17.8 Å². The van der Waals surface area contributed by atoms with Crippen molar-refractivity contribution in [3.05, 3.63) is 0 Å². The Morgan fingerprint density at radius 1 is 1.47 bits per heavy atom. The van der Waals surface area contributed by atoms with Crippen molar-refractivity contribution in [3.63, 3.8) is 0 Å². The van der Waals surface area contributed by atoms with Gasteiger partial charge < -0.3 is 15.7 Å². The summed E-state index contributed by atoms with van der Waals surface area (Å²) in [5.74, 6) is -1.17. The summed E-state index contributed by atoms with van der Waals surface area (Å²) < 4.78 is 0. The first-order valence-corrected chi connectivity index (χ1v) is 6.19. The van der Waals surface area contributed by atoms with E-state index in [9.17, 15) is 9.59 Å². The Labute approximate surface area is 102 Å². The van der Waals surface area contributed by atoms with Gasteiger partial charge in [0.05, 0.1) is 5.92 Å². The SMILES string of the molecule is CC(CCCN)C(=O)N1CC(C)C(C(=O)O)C1. The third-order valence-electron chi connectivity index (χ3n) is 3.50.